The van der Waals surface area contributed by atoms with Crippen molar-refractivity contribution in [3.05, 3.63) is 0 Å². The Balaban J connectivity index is 3.46. The maximum atomic E-state index is 8.33. The quantitative estimate of drug-likeness (QED) is 0.253. The summed E-state index contributed by atoms with van der Waals surface area (Å²) in [7, 11) is 0. The first-order chi connectivity index (χ1) is 6.06. The highest BCUT2D eigenvalue weighted by atomic mass is 16.4. The minimum atomic E-state index is 0.273. The monoisotopic (exact) mass is 187 g/mol. The van der Waals surface area contributed by atoms with Crippen molar-refractivity contribution in [3.8, 4) is 0 Å². The van der Waals surface area contributed by atoms with Crippen molar-refractivity contribution in [3.63, 3.8) is 0 Å². The third kappa shape index (κ3) is 7.59. The average molecular weight is 187 g/mol. The standard InChI is InChI=1S/C9H21N3O/c1-7(2)4-5-11-8(3)6-9(10)12-13/h7-8,11,13H,4-6H2,1-3H3,(H2,10,12). The van der Waals surface area contributed by atoms with E-state index in [0.717, 1.165) is 13.0 Å². The molecule has 0 saturated carbocycles. The van der Waals surface area contributed by atoms with E-state index in [1.54, 1.807) is 0 Å². The number of hydrogen-bond acceptors (Lipinski definition) is 3. The van der Waals surface area contributed by atoms with Crippen LogP contribution >= 0.6 is 0 Å². The summed E-state index contributed by atoms with van der Waals surface area (Å²) in [5.41, 5.74) is 5.37. The van der Waals surface area contributed by atoms with Gasteiger partial charge in [-0.1, -0.05) is 19.0 Å². The Kier molecular flexibility index (Phi) is 6.32. The maximum Gasteiger partial charge on any atom is 0.140 e. The van der Waals surface area contributed by atoms with Crippen LogP contribution in [0.15, 0.2) is 5.16 Å². The Labute approximate surface area is 80.2 Å². The molecule has 0 aromatic carbocycles. The molecule has 4 nitrogen and oxygen atoms in total. The van der Waals surface area contributed by atoms with Crippen molar-refractivity contribution in [1.82, 2.24) is 5.32 Å². The molecular formula is C9H21N3O. The number of nitrogens with zero attached hydrogens (tertiary/aromatic N) is 1. The van der Waals surface area contributed by atoms with Crippen LogP contribution in [0.25, 0.3) is 0 Å². The van der Waals surface area contributed by atoms with E-state index in [4.69, 9.17) is 10.9 Å². The number of rotatable bonds is 6. The van der Waals surface area contributed by atoms with Gasteiger partial charge in [-0.05, 0) is 25.8 Å². The molecule has 4 N–H and O–H groups in total. The number of amidine groups is 1. The topological polar surface area (TPSA) is 70.6 Å². The third-order valence-corrected chi connectivity index (χ3v) is 1.86. The van der Waals surface area contributed by atoms with Crippen LogP contribution in [0.5, 0.6) is 0 Å². The highest BCUT2D eigenvalue weighted by Gasteiger charge is 2.03. The second kappa shape index (κ2) is 6.71. The number of oxime groups is 1. The summed E-state index contributed by atoms with van der Waals surface area (Å²) in [5, 5.41) is 14.6. The van der Waals surface area contributed by atoms with Crippen molar-refractivity contribution >= 4 is 5.84 Å². The molecule has 0 aliphatic heterocycles. The van der Waals surface area contributed by atoms with Gasteiger partial charge in [0, 0.05) is 12.5 Å². The smallest absolute Gasteiger partial charge is 0.140 e. The molecule has 0 amide bonds. The minimum Gasteiger partial charge on any atom is -0.409 e. The maximum absolute atomic E-state index is 8.33. The molecule has 0 heterocycles. The fourth-order valence-corrected chi connectivity index (χ4v) is 1.05. The van der Waals surface area contributed by atoms with Crippen LogP contribution in [0.3, 0.4) is 0 Å². The highest BCUT2D eigenvalue weighted by molar-refractivity contribution is 5.80. The SMILES string of the molecule is CC(C)CCNC(C)CC(N)=NO. The molecule has 0 spiro atoms. The summed E-state index contributed by atoms with van der Waals surface area (Å²) < 4.78 is 0. The molecule has 0 bridgehead atoms. The zero-order chi connectivity index (χ0) is 10.3. The molecule has 0 aliphatic carbocycles. The summed E-state index contributed by atoms with van der Waals surface area (Å²) in [6, 6.07) is 0.273. The van der Waals surface area contributed by atoms with E-state index >= 15 is 0 Å². The van der Waals surface area contributed by atoms with E-state index in [1.165, 1.54) is 0 Å². The van der Waals surface area contributed by atoms with Gasteiger partial charge in [0.25, 0.3) is 0 Å². The minimum absolute atomic E-state index is 0.273. The first kappa shape index (κ1) is 12.2. The number of hydrogen-bond donors (Lipinski definition) is 3. The molecule has 0 aliphatic rings. The Hall–Kier alpha value is -0.770. The largest absolute Gasteiger partial charge is 0.409 e. The lowest BCUT2D eigenvalue weighted by Crippen LogP contribution is -2.32. The fraction of sp³-hybridized carbons (Fsp3) is 0.889. The van der Waals surface area contributed by atoms with E-state index in [1.807, 2.05) is 6.92 Å². The van der Waals surface area contributed by atoms with Crippen molar-refractivity contribution in [2.45, 2.75) is 39.7 Å². The lowest BCUT2D eigenvalue weighted by Gasteiger charge is -2.13. The number of nitrogens with two attached hydrogens (primary N) is 1. The van der Waals surface area contributed by atoms with Crippen molar-refractivity contribution < 1.29 is 5.21 Å². The Bertz CT molecular complexity index is 157. The van der Waals surface area contributed by atoms with Crippen molar-refractivity contribution in [2.24, 2.45) is 16.8 Å². The predicted molar refractivity (Wildman–Crippen MR) is 54.9 cm³/mol. The molecule has 0 saturated heterocycles. The fourth-order valence-electron chi connectivity index (χ4n) is 1.05. The Morgan fingerprint density at radius 3 is 2.54 bits per heavy atom. The highest BCUT2D eigenvalue weighted by Crippen LogP contribution is 1.98. The van der Waals surface area contributed by atoms with Crippen molar-refractivity contribution in [1.29, 1.82) is 0 Å². The van der Waals surface area contributed by atoms with Gasteiger partial charge in [-0.2, -0.15) is 0 Å². The first-order valence-electron chi connectivity index (χ1n) is 4.76. The van der Waals surface area contributed by atoms with E-state index < -0.39 is 0 Å². The lowest BCUT2D eigenvalue weighted by molar-refractivity contribution is 0.315. The molecule has 0 radical (unpaired) electrons. The molecule has 0 aromatic heterocycles. The summed E-state index contributed by atoms with van der Waals surface area (Å²) in [4.78, 5) is 0. The molecule has 1 atom stereocenters. The van der Waals surface area contributed by atoms with Crippen LogP contribution < -0.4 is 11.1 Å². The first-order valence-corrected chi connectivity index (χ1v) is 4.76. The zero-order valence-corrected chi connectivity index (χ0v) is 8.75. The van der Waals surface area contributed by atoms with Crippen LogP contribution in [0.2, 0.25) is 0 Å². The van der Waals surface area contributed by atoms with Crippen molar-refractivity contribution in [2.75, 3.05) is 6.54 Å². The molecule has 0 rings (SSSR count). The Morgan fingerprint density at radius 1 is 1.46 bits per heavy atom. The van der Waals surface area contributed by atoms with Gasteiger partial charge in [-0.3, -0.25) is 0 Å². The predicted octanol–water partition coefficient (Wildman–Crippen LogP) is 1.15. The summed E-state index contributed by atoms with van der Waals surface area (Å²) in [6.07, 6.45) is 1.75. The van der Waals surface area contributed by atoms with Gasteiger partial charge in [0.1, 0.15) is 5.84 Å². The van der Waals surface area contributed by atoms with E-state index in [-0.39, 0.29) is 11.9 Å². The summed E-state index contributed by atoms with van der Waals surface area (Å²) in [6.45, 7) is 7.39. The number of nitrogens with one attached hydrogen (secondary N) is 1. The molecule has 13 heavy (non-hydrogen) atoms. The molecule has 0 aromatic rings. The van der Waals surface area contributed by atoms with Gasteiger partial charge in [0.2, 0.25) is 0 Å². The van der Waals surface area contributed by atoms with Crippen LogP contribution in [0.4, 0.5) is 0 Å². The molecule has 1 unspecified atom stereocenters. The van der Waals surface area contributed by atoms with E-state index in [9.17, 15) is 0 Å². The van der Waals surface area contributed by atoms with Crippen LogP contribution in [0.1, 0.15) is 33.6 Å². The molecular weight excluding hydrogens is 166 g/mol. The van der Waals surface area contributed by atoms with Gasteiger partial charge >= 0.3 is 0 Å². The van der Waals surface area contributed by atoms with E-state index in [0.29, 0.717) is 12.3 Å². The average Bonchev–Trinajstić information content (AvgIpc) is 2.03. The van der Waals surface area contributed by atoms with Gasteiger partial charge in [0.15, 0.2) is 0 Å². The Morgan fingerprint density at radius 2 is 2.08 bits per heavy atom. The van der Waals surface area contributed by atoms with Gasteiger partial charge in [-0.25, -0.2) is 0 Å². The second-order valence-corrected chi connectivity index (χ2v) is 3.83. The van der Waals surface area contributed by atoms with E-state index in [2.05, 4.69) is 24.3 Å². The molecule has 4 heteroatoms. The molecule has 78 valence electrons. The normalized spacial score (nSPS) is 14.9. The van der Waals surface area contributed by atoms with Crippen LogP contribution in [0, 0.1) is 5.92 Å². The summed E-state index contributed by atoms with van der Waals surface area (Å²) in [5.74, 6) is 0.994. The van der Waals surface area contributed by atoms with Crippen LogP contribution in [-0.4, -0.2) is 23.6 Å². The van der Waals surface area contributed by atoms with Crippen LogP contribution in [-0.2, 0) is 0 Å². The van der Waals surface area contributed by atoms with Gasteiger partial charge in [-0.15, -0.1) is 0 Å². The van der Waals surface area contributed by atoms with Gasteiger partial charge < -0.3 is 16.3 Å². The zero-order valence-electron chi connectivity index (χ0n) is 8.75. The molecule has 0 fully saturated rings. The summed E-state index contributed by atoms with van der Waals surface area (Å²) >= 11 is 0. The second-order valence-electron chi connectivity index (χ2n) is 3.83. The third-order valence-electron chi connectivity index (χ3n) is 1.86. The van der Waals surface area contributed by atoms with Gasteiger partial charge in [0.05, 0.1) is 0 Å². The lowest BCUT2D eigenvalue weighted by atomic mass is 10.1.